The lowest BCUT2D eigenvalue weighted by molar-refractivity contribution is -0.138. The van der Waals surface area contributed by atoms with Gasteiger partial charge in [-0.25, -0.2) is 9.59 Å². The lowest BCUT2D eigenvalue weighted by Gasteiger charge is -2.31. The van der Waals surface area contributed by atoms with Crippen molar-refractivity contribution in [2.75, 3.05) is 13.2 Å². The fraction of sp³-hybridized carbons (Fsp3) is 0.455. The van der Waals surface area contributed by atoms with Gasteiger partial charge < -0.3 is 9.47 Å². The molecule has 0 aliphatic heterocycles. The Morgan fingerprint density at radius 3 is 1.51 bits per heavy atom. The zero-order valence-electron chi connectivity index (χ0n) is 22.8. The Morgan fingerprint density at radius 1 is 0.730 bits per heavy atom. The summed E-state index contributed by atoms with van der Waals surface area (Å²) in [5.74, 6) is -0.733. The summed E-state index contributed by atoms with van der Waals surface area (Å²) in [7, 11) is 0. The Balaban J connectivity index is 1.63. The molecule has 0 atom stereocenters. The van der Waals surface area contributed by atoms with Crippen molar-refractivity contribution in [2.24, 2.45) is 0 Å². The van der Waals surface area contributed by atoms with Crippen LogP contribution in [0.25, 0.3) is 0 Å². The average molecular weight is 501 g/mol. The maximum absolute atomic E-state index is 11.4. The highest BCUT2D eigenvalue weighted by molar-refractivity contribution is 5.81. The summed E-state index contributed by atoms with van der Waals surface area (Å²) < 4.78 is 10.4. The number of esters is 2. The number of hydrogen-bond acceptors (Lipinski definition) is 4. The second kappa shape index (κ2) is 10.3. The second-order valence-corrected chi connectivity index (χ2v) is 11.9. The molecule has 4 heteroatoms. The first-order chi connectivity index (χ1) is 17.5. The summed E-state index contributed by atoms with van der Waals surface area (Å²) in [4.78, 5) is 22.8. The Labute approximate surface area is 221 Å². The Hall–Kier alpha value is -3.14. The molecule has 0 unspecified atom stereocenters. The predicted octanol–water partition coefficient (Wildman–Crippen LogP) is 6.66. The Bertz CT molecular complexity index is 1120. The zero-order valence-corrected chi connectivity index (χ0v) is 22.8. The van der Waals surface area contributed by atoms with Gasteiger partial charge >= 0.3 is 11.9 Å². The maximum atomic E-state index is 11.4. The first-order valence-corrected chi connectivity index (χ1v) is 13.4. The van der Waals surface area contributed by atoms with Crippen molar-refractivity contribution >= 4 is 11.9 Å². The number of carbonyl (C=O) groups excluding carboxylic acids is 2. The fourth-order valence-corrected chi connectivity index (χ4v) is 6.77. The summed E-state index contributed by atoms with van der Waals surface area (Å²) in [6, 6.07) is 14.0. The largest absolute Gasteiger partial charge is 0.463 e. The van der Waals surface area contributed by atoms with E-state index < -0.39 is 0 Å². The van der Waals surface area contributed by atoms with Gasteiger partial charge in [0, 0.05) is 17.6 Å². The maximum Gasteiger partial charge on any atom is 0.330 e. The summed E-state index contributed by atoms with van der Waals surface area (Å²) in [5, 5.41) is 0. The minimum absolute atomic E-state index is 0.0195. The van der Waals surface area contributed by atoms with Gasteiger partial charge in [-0.1, -0.05) is 77.3 Å². The molecule has 0 amide bonds. The highest BCUT2D eigenvalue weighted by Gasteiger charge is 2.56. The molecule has 4 nitrogen and oxygen atoms in total. The van der Waals surface area contributed by atoms with E-state index in [4.69, 9.17) is 9.47 Å². The van der Waals surface area contributed by atoms with E-state index in [1.54, 1.807) is 0 Å². The standard InChI is InChI=1S/C33H40O4/c1-7-29(34)36-17-9-11-23-13-15-25-27(19-23)33(21-31(25,3)4)22-32(5,6)26-16-14-24(20-28(26)33)12-10-18-37-30(35)8-2/h7-8,13-16,19-20H,1-2,9-12,17-18,21-22H2,3-6H3. The van der Waals surface area contributed by atoms with Crippen LogP contribution in [0.15, 0.2) is 61.7 Å². The quantitative estimate of drug-likeness (QED) is 0.208. The van der Waals surface area contributed by atoms with Gasteiger partial charge in [0.1, 0.15) is 0 Å². The first-order valence-electron chi connectivity index (χ1n) is 13.4. The zero-order chi connectivity index (χ0) is 26.8. The molecule has 2 aromatic carbocycles. The molecule has 0 saturated heterocycles. The molecule has 0 N–H and O–H groups in total. The lowest BCUT2D eigenvalue weighted by Crippen LogP contribution is -2.27. The molecule has 0 bridgehead atoms. The van der Waals surface area contributed by atoms with Crippen molar-refractivity contribution in [3.63, 3.8) is 0 Å². The third kappa shape index (κ3) is 5.30. The number of ether oxygens (including phenoxy) is 2. The molecular weight excluding hydrogens is 460 g/mol. The van der Waals surface area contributed by atoms with Crippen molar-refractivity contribution in [1.82, 2.24) is 0 Å². The van der Waals surface area contributed by atoms with Crippen LogP contribution in [0.2, 0.25) is 0 Å². The van der Waals surface area contributed by atoms with E-state index in [-0.39, 0.29) is 28.2 Å². The molecule has 2 aliphatic rings. The molecule has 196 valence electrons. The van der Waals surface area contributed by atoms with Crippen LogP contribution < -0.4 is 0 Å². The smallest absolute Gasteiger partial charge is 0.330 e. The van der Waals surface area contributed by atoms with Gasteiger partial charge in [-0.15, -0.1) is 0 Å². The normalized spacial score (nSPS) is 17.6. The van der Waals surface area contributed by atoms with Gasteiger partial charge in [0.05, 0.1) is 13.2 Å². The number of aryl methyl sites for hydroxylation is 2. The summed E-state index contributed by atoms with van der Waals surface area (Å²) in [5.41, 5.74) is 8.53. The molecule has 0 radical (unpaired) electrons. The van der Waals surface area contributed by atoms with Crippen LogP contribution in [-0.2, 0) is 48.1 Å². The summed E-state index contributed by atoms with van der Waals surface area (Å²) in [6.45, 7) is 17.2. The predicted molar refractivity (Wildman–Crippen MR) is 148 cm³/mol. The highest BCUT2D eigenvalue weighted by atomic mass is 16.5. The van der Waals surface area contributed by atoms with Crippen LogP contribution >= 0.6 is 0 Å². The molecular formula is C33H40O4. The molecule has 2 aromatic rings. The first kappa shape index (κ1) is 26.9. The molecule has 0 saturated carbocycles. The third-order valence-corrected chi connectivity index (χ3v) is 8.19. The Kier molecular flexibility index (Phi) is 7.50. The van der Waals surface area contributed by atoms with Crippen molar-refractivity contribution in [2.45, 2.75) is 82.5 Å². The van der Waals surface area contributed by atoms with Gasteiger partial charge in [-0.05, 0) is 82.7 Å². The van der Waals surface area contributed by atoms with E-state index in [2.05, 4.69) is 77.3 Å². The van der Waals surface area contributed by atoms with E-state index in [1.165, 1.54) is 45.5 Å². The average Bonchev–Trinajstić information content (AvgIpc) is 3.23. The molecule has 2 aliphatic carbocycles. The monoisotopic (exact) mass is 500 g/mol. The molecule has 0 aromatic heterocycles. The molecule has 0 fully saturated rings. The molecule has 37 heavy (non-hydrogen) atoms. The minimum atomic E-state index is -0.367. The van der Waals surface area contributed by atoms with Crippen molar-refractivity contribution < 1.29 is 19.1 Å². The van der Waals surface area contributed by atoms with Crippen molar-refractivity contribution in [3.05, 3.63) is 95.1 Å². The van der Waals surface area contributed by atoms with Crippen LogP contribution in [0.4, 0.5) is 0 Å². The SMILES string of the molecule is C=CC(=O)OCCCc1ccc2c(c1)C1(CC2(C)C)CC(C)(C)c2ccc(CCCOC(=O)C=C)cc21. The van der Waals surface area contributed by atoms with E-state index >= 15 is 0 Å². The van der Waals surface area contributed by atoms with Crippen molar-refractivity contribution in [3.8, 4) is 0 Å². The lowest BCUT2D eigenvalue weighted by atomic mass is 9.72. The second-order valence-electron chi connectivity index (χ2n) is 11.9. The van der Waals surface area contributed by atoms with Crippen LogP contribution in [0.5, 0.6) is 0 Å². The van der Waals surface area contributed by atoms with E-state index in [0.29, 0.717) is 13.2 Å². The van der Waals surface area contributed by atoms with E-state index in [9.17, 15) is 9.59 Å². The van der Waals surface area contributed by atoms with Crippen LogP contribution in [0, 0.1) is 0 Å². The number of benzene rings is 2. The van der Waals surface area contributed by atoms with Gasteiger partial charge in [-0.2, -0.15) is 0 Å². The molecule has 1 spiro atoms. The number of hydrogen-bond donors (Lipinski definition) is 0. The summed E-state index contributed by atoms with van der Waals surface area (Å²) in [6.07, 6.45) is 7.92. The topological polar surface area (TPSA) is 52.6 Å². The highest BCUT2D eigenvalue weighted by Crippen LogP contribution is 2.62. The van der Waals surface area contributed by atoms with Gasteiger partial charge in [0.2, 0.25) is 0 Å². The minimum Gasteiger partial charge on any atom is -0.463 e. The number of fused-ring (bicyclic) bond motifs is 4. The van der Waals surface area contributed by atoms with Crippen LogP contribution in [0.3, 0.4) is 0 Å². The summed E-state index contributed by atoms with van der Waals surface area (Å²) >= 11 is 0. The fourth-order valence-electron chi connectivity index (χ4n) is 6.77. The molecule has 0 heterocycles. The van der Waals surface area contributed by atoms with E-state index in [0.717, 1.165) is 38.5 Å². The molecule has 4 rings (SSSR count). The number of rotatable bonds is 10. The van der Waals surface area contributed by atoms with E-state index in [1.807, 2.05) is 0 Å². The van der Waals surface area contributed by atoms with Crippen LogP contribution in [-0.4, -0.2) is 25.2 Å². The number of carbonyl (C=O) groups is 2. The third-order valence-electron chi connectivity index (χ3n) is 8.19. The van der Waals surface area contributed by atoms with Crippen LogP contribution in [0.1, 0.15) is 86.8 Å². The van der Waals surface area contributed by atoms with Crippen molar-refractivity contribution in [1.29, 1.82) is 0 Å². The Morgan fingerprint density at radius 2 is 1.14 bits per heavy atom. The van der Waals surface area contributed by atoms with Gasteiger partial charge in [-0.3, -0.25) is 0 Å². The van der Waals surface area contributed by atoms with Gasteiger partial charge in [0.15, 0.2) is 0 Å². The van der Waals surface area contributed by atoms with Gasteiger partial charge in [0.25, 0.3) is 0 Å².